The summed E-state index contributed by atoms with van der Waals surface area (Å²) in [6, 6.07) is -1.46. The highest BCUT2D eigenvalue weighted by Gasteiger charge is 2.41. The smallest absolute Gasteiger partial charge is 0.301 e. The Labute approximate surface area is 49.9 Å². The van der Waals surface area contributed by atoms with Crippen LogP contribution in [0.2, 0.25) is 0 Å². The van der Waals surface area contributed by atoms with E-state index in [1.807, 2.05) is 5.48 Å². The van der Waals surface area contributed by atoms with Crippen molar-refractivity contribution in [3.63, 3.8) is 0 Å². The van der Waals surface area contributed by atoms with Gasteiger partial charge in [0.15, 0.2) is 0 Å². The Morgan fingerprint density at radius 2 is 2.11 bits per heavy atom. The van der Waals surface area contributed by atoms with E-state index in [1.54, 1.807) is 0 Å². The topological polar surface area (TPSA) is 21.3 Å². The van der Waals surface area contributed by atoms with Gasteiger partial charge in [-0.1, -0.05) is 0 Å². The first-order valence-electron chi connectivity index (χ1n) is 2.55. The van der Waals surface area contributed by atoms with Crippen LogP contribution in [0.3, 0.4) is 0 Å². The first-order chi connectivity index (χ1) is 4.11. The number of hydrogen-bond acceptors (Lipinski definition) is 2. The summed E-state index contributed by atoms with van der Waals surface area (Å²) in [6.07, 6.45) is -4.14. The van der Waals surface area contributed by atoms with Gasteiger partial charge in [-0.05, 0) is 6.42 Å². The molecular weight excluding hydrogens is 135 g/mol. The fraction of sp³-hybridized carbons (Fsp3) is 1.00. The van der Waals surface area contributed by atoms with Crippen LogP contribution < -0.4 is 5.48 Å². The molecule has 0 saturated carbocycles. The molecule has 1 N–H and O–H groups in total. The summed E-state index contributed by atoms with van der Waals surface area (Å²) in [4.78, 5) is 4.31. The molecule has 1 fully saturated rings. The fourth-order valence-corrected chi connectivity index (χ4v) is 0.626. The Bertz CT molecular complexity index is 96.5. The van der Waals surface area contributed by atoms with Gasteiger partial charge in [0.05, 0.1) is 6.61 Å². The zero-order valence-electron chi connectivity index (χ0n) is 4.53. The number of hydrogen-bond donors (Lipinski definition) is 1. The minimum absolute atomic E-state index is 0.0174. The molecule has 1 unspecified atom stereocenters. The number of hydroxylamine groups is 1. The first kappa shape index (κ1) is 6.82. The quantitative estimate of drug-likeness (QED) is 0.539. The van der Waals surface area contributed by atoms with Crippen molar-refractivity contribution in [3.05, 3.63) is 0 Å². The molecule has 1 saturated heterocycles. The van der Waals surface area contributed by atoms with Crippen LogP contribution in [0.5, 0.6) is 0 Å². The maximum absolute atomic E-state index is 11.6. The lowest BCUT2D eigenvalue weighted by Crippen LogP contribution is -2.36. The molecule has 0 radical (unpaired) electrons. The van der Waals surface area contributed by atoms with Crippen molar-refractivity contribution in [2.45, 2.75) is 18.6 Å². The largest absolute Gasteiger partial charge is 0.406 e. The van der Waals surface area contributed by atoms with Crippen LogP contribution in [0.25, 0.3) is 0 Å². The maximum Gasteiger partial charge on any atom is 0.406 e. The lowest BCUT2D eigenvalue weighted by atomic mass is 10.2. The number of alkyl halides is 3. The molecule has 0 amide bonds. The Kier molecular flexibility index (Phi) is 1.63. The zero-order chi connectivity index (χ0) is 6.91. The third-order valence-electron chi connectivity index (χ3n) is 1.13. The van der Waals surface area contributed by atoms with Gasteiger partial charge in [0.2, 0.25) is 0 Å². The second-order valence-corrected chi connectivity index (χ2v) is 1.85. The second kappa shape index (κ2) is 2.15. The van der Waals surface area contributed by atoms with E-state index in [9.17, 15) is 13.2 Å². The average molecular weight is 141 g/mol. The van der Waals surface area contributed by atoms with Crippen LogP contribution >= 0.6 is 0 Å². The molecule has 5 heteroatoms. The van der Waals surface area contributed by atoms with E-state index < -0.39 is 12.2 Å². The van der Waals surface area contributed by atoms with Gasteiger partial charge in [0, 0.05) is 0 Å². The lowest BCUT2D eigenvalue weighted by Gasteiger charge is -2.11. The molecule has 0 aliphatic carbocycles. The van der Waals surface area contributed by atoms with Gasteiger partial charge in [-0.2, -0.15) is 18.7 Å². The summed E-state index contributed by atoms with van der Waals surface area (Å²) in [5, 5.41) is 0. The predicted octanol–water partition coefficient (Wildman–Crippen LogP) is 0.842. The Morgan fingerprint density at radius 3 is 2.33 bits per heavy atom. The number of halogens is 3. The lowest BCUT2D eigenvalue weighted by molar-refractivity contribution is -0.163. The monoisotopic (exact) mass is 141 g/mol. The van der Waals surface area contributed by atoms with Gasteiger partial charge >= 0.3 is 6.18 Å². The van der Waals surface area contributed by atoms with Crippen LogP contribution in [-0.2, 0) is 4.84 Å². The Balaban J connectivity index is 2.42. The van der Waals surface area contributed by atoms with Crippen molar-refractivity contribution < 1.29 is 18.0 Å². The van der Waals surface area contributed by atoms with Gasteiger partial charge in [0.25, 0.3) is 0 Å². The van der Waals surface area contributed by atoms with Crippen LogP contribution in [0.1, 0.15) is 6.42 Å². The molecule has 0 bridgehead atoms. The molecule has 1 heterocycles. The molecule has 2 nitrogen and oxygen atoms in total. The number of rotatable bonds is 0. The van der Waals surface area contributed by atoms with E-state index in [-0.39, 0.29) is 13.0 Å². The second-order valence-electron chi connectivity index (χ2n) is 1.85. The van der Waals surface area contributed by atoms with Crippen molar-refractivity contribution in [1.82, 2.24) is 5.48 Å². The van der Waals surface area contributed by atoms with E-state index in [0.29, 0.717) is 0 Å². The van der Waals surface area contributed by atoms with Crippen LogP contribution in [-0.4, -0.2) is 18.8 Å². The fourth-order valence-electron chi connectivity index (χ4n) is 0.626. The van der Waals surface area contributed by atoms with Crippen molar-refractivity contribution in [3.8, 4) is 0 Å². The highest BCUT2D eigenvalue weighted by Crippen LogP contribution is 2.24. The summed E-state index contributed by atoms with van der Waals surface area (Å²) < 4.78 is 34.9. The molecule has 1 aliphatic heterocycles. The van der Waals surface area contributed by atoms with Crippen LogP contribution in [0.15, 0.2) is 0 Å². The first-order valence-corrected chi connectivity index (χ1v) is 2.55. The van der Waals surface area contributed by atoms with Crippen molar-refractivity contribution >= 4 is 0 Å². The van der Waals surface area contributed by atoms with Crippen LogP contribution in [0.4, 0.5) is 13.2 Å². The molecule has 1 atom stereocenters. The third kappa shape index (κ3) is 1.56. The Hall–Kier alpha value is -0.290. The van der Waals surface area contributed by atoms with Gasteiger partial charge in [0.1, 0.15) is 6.04 Å². The highest BCUT2D eigenvalue weighted by molar-refractivity contribution is 4.74. The number of nitrogens with one attached hydrogen (secondary N) is 1. The Morgan fingerprint density at radius 1 is 1.44 bits per heavy atom. The minimum atomic E-state index is -4.16. The summed E-state index contributed by atoms with van der Waals surface area (Å²) in [5.41, 5.74) is 1.87. The highest BCUT2D eigenvalue weighted by atomic mass is 19.4. The normalized spacial score (nSPS) is 29.0. The van der Waals surface area contributed by atoms with E-state index >= 15 is 0 Å². The van der Waals surface area contributed by atoms with Gasteiger partial charge < -0.3 is 4.84 Å². The molecular formula is C4H6F3NO. The zero-order valence-corrected chi connectivity index (χ0v) is 4.53. The van der Waals surface area contributed by atoms with Crippen LogP contribution in [0, 0.1) is 0 Å². The molecule has 9 heavy (non-hydrogen) atoms. The van der Waals surface area contributed by atoms with Crippen molar-refractivity contribution in [2.24, 2.45) is 0 Å². The van der Waals surface area contributed by atoms with E-state index in [0.717, 1.165) is 0 Å². The molecule has 0 spiro atoms. The average Bonchev–Trinajstić information content (AvgIpc) is 2.08. The summed E-state index contributed by atoms with van der Waals surface area (Å²) in [6.45, 7) is 0.143. The van der Waals surface area contributed by atoms with Crippen molar-refractivity contribution in [2.75, 3.05) is 6.61 Å². The minimum Gasteiger partial charge on any atom is -0.301 e. The van der Waals surface area contributed by atoms with Gasteiger partial charge in [-0.15, -0.1) is 0 Å². The standard InChI is InChI=1S/C4H6F3NO/c5-4(6,7)3-1-2-9-8-3/h3,8H,1-2H2. The third-order valence-corrected chi connectivity index (χ3v) is 1.13. The van der Waals surface area contributed by atoms with E-state index in [1.165, 1.54) is 0 Å². The van der Waals surface area contributed by atoms with E-state index in [4.69, 9.17) is 0 Å². The summed E-state index contributed by atoms with van der Waals surface area (Å²) >= 11 is 0. The molecule has 0 aromatic carbocycles. The molecule has 0 aromatic rings. The molecule has 1 aliphatic rings. The van der Waals surface area contributed by atoms with Gasteiger partial charge in [-0.3, -0.25) is 0 Å². The predicted molar refractivity (Wildman–Crippen MR) is 23.5 cm³/mol. The van der Waals surface area contributed by atoms with E-state index in [2.05, 4.69) is 4.84 Å². The SMILES string of the molecule is FC(F)(F)C1CCON1. The molecule has 0 aromatic heterocycles. The summed E-state index contributed by atoms with van der Waals surface area (Å²) in [5.74, 6) is 0. The molecule has 1 rings (SSSR count). The summed E-state index contributed by atoms with van der Waals surface area (Å²) in [7, 11) is 0. The maximum atomic E-state index is 11.6. The van der Waals surface area contributed by atoms with Crippen molar-refractivity contribution in [1.29, 1.82) is 0 Å². The molecule has 54 valence electrons. The van der Waals surface area contributed by atoms with Gasteiger partial charge in [-0.25, -0.2) is 0 Å².